The van der Waals surface area contributed by atoms with Crippen molar-refractivity contribution in [3.05, 3.63) is 23.8 Å². The molecule has 134 valence electrons. The van der Waals surface area contributed by atoms with Crippen LogP contribution in [-0.2, 0) is 16.1 Å². The lowest BCUT2D eigenvalue weighted by molar-refractivity contribution is -0.126. The molecule has 0 aliphatic carbocycles. The van der Waals surface area contributed by atoms with E-state index < -0.39 is 0 Å². The second kappa shape index (κ2) is 10.5. The number of methoxy groups -OCH3 is 1. The van der Waals surface area contributed by atoms with Gasteiger partial charge >= 0.3 is 0 Å². The van der Waals surface area contributed by atoms with E-state index in [1.54, 1.807) is 7.11 Å². The summed E-state index contributed by atoms with van der Waals surface area (Å²) in [5.41, 5.74) is 1.01. The highest BCUT2D eigenvalue weighted by Gasteiger charge is 2.11. The number of hydrogen-bond donors (Lipinski definition) is 2. The monoisotopic (exact) mass is 337 g/mol. The minimum atomic E-state index is -0.193. The number of hydrogen-bond acceptors (Lipinski definition) is 5. The van der Waals surface area contributed by atoms with Gasteiger partial charge in [0.15, 0.2) is 11.5 Å². The minimum absolute atomic E-state index is 0.00259. The summed E-state index contributed by atoms with van der Waals surface area (Å²) in [5, 5.41) is 5.22. The second-order valence-corrected chi connectivity index (χ2v) is 5.32. The van der Waals surface area contributed by atoms with E-state index in [-0.39, 0.29) is 24.9 Å². The van der Waals surface area contributed by atoms with E-state index in [1.165, 1.54) is 0 Å². The SMILES string of the molecule is CCNC(=O)CNC(=O)CN(C)Cc1ccc(OCC)c(OC)c1. The summed E-state index contributed by atoms with van der Waals surface area (Å²) in [6.45, 7) is 5.65. The molecule has 2 amide bonds. The molecule has 2 N–H and O–H groups in total. The number of amides is 2. The topological polar surface area (TPSA) is 79.9 Å². The fourth-order valence-electron chi connectivity index (χ4n) is 2.19. The Morgan fingerprint density at radius 3 is 2.50 bits per heavy atom. The molecule has 7 nitrogen and oxygen atoms in total. The van der Waals surface area contributed by atoms with Gasteiger partial charge in [-0.2, -0.15) is 0 Å². The van der Waals surface area contributed by atoms with Gasteiger partial charge in [0, 0.05) is 13.1 Å². The third kappa shape index (κ3) is 6.87. The summed E-state index contributed by atoms with van der Waals surface area (Å²) in [5.74, 6) is 0.987. The Morgan fingerprint density at radius 1 is 1.12 bits per heavy atom. The average Bonchev–Trinajstić information content (AvgIpc) is 2.54. The Balaban J connectivity index is 2.50. The van der Waals surface area contributed by atoms with Crippen molar-refractivity contribution in [2.24, 2.45) is 0 Å². The standard InChI is InChI=1S/C17H27N3O4/c1-5-18-16(21)10-19-17(22)12-20(3)11-13-7-8-14(24-6-2)15(9-13)23-4/h7-9H,5-6,10-12H2,1-4H3,(H,18,21)(H,19,22). The van der Waals surface area contributed by atoms with Crippen molar-refractivity contribution in [3.63, 3.8) is 0 Å². The summed E-state index contributed by atoms with van der Waals surface area (Å²) >= 11 is 0. The third-order valence-electron chi connectivity index (χ3n) is 3.21. The molecule has 0 atom stereocenters. The lowest BCUT2D eigenvalue weighted by Crippen LogP contribution is -2.41. The summed E-state index contributed by atoms with van der Waals surface area (Å²) in [4.78, 5) is 25.0. The van der Waals surface area contributed by atoms with Crippen LogP contribution in [0.2, 0.25) is 0 Å². The average molecular weight is 337 g/mol. The summed E-state index contributed by atoms with van der Waals surface area (Å²) in [6.07, 6.45) is 0. The van der Waals surface area contributed by atoms with Crippen molar-refractivity contribution >= 4 is 11.8 Å². The van der Waals surface area contributed by atoms with Crippen LogP contribution in [0.4, 0.5) is 0 Å². The largest absolute Gasteiger partial charge is 0.493 e. The Kier molecular flexibility index (Phi) is 8.64. The zero-order valence-electron chi connectivity index (χ0n) is 14.8. The predicted octanol–water partition coefficient (Wildman–Crippen LogP) is 0.778. The number of nitrogens with one attached hydrogen (secondary N) is 2. The number of carbonyl (C=O) groups is 2. The van der Waals surface area contributed by atoms with E-state index in [0.29, 0.717) is 31.2 Å². The first kappa shape index (κ1) is 19.8. The molecule has 24 heavy (non-hydrogen) atoms. The molecular formula is C17H27N3O4. The number of rotatable bonds is 10. The zero-order chi connectivity index (χ0) is 17.9. The van der Waals surface area contributed by atoms with Crippen molar-refractivity contribution in [2.45, 2.75) is 20.4 Å². The fourth-order valence-corrected chi connectivity index (χ4v) is 2.19. The Morgan fingerprint density at radius 2 is 1.88 bits per heavy atom. The van der Waals surface area contributed by atoms with Crippen LogP contribution in [0, 0.1) is 0 Å². The van der Waals surface area contributed by atoms with E-state index in [2.05, 4.69) is 10.6 Å². The van der Waals surface area contributed by atoms with Crippen LogP contribution in [0.1, 0.15) is 19.4 Å². The Hall–Kier alpha value is -2.28. The van der Waals surface area contributed by atoms with Gasteiger partial charge in [-0.25, -0.2) is 0 Å². The Bertz CT molecular complexity index is 549. The van der Waals surface area contributed by atoms with Gasteiger partial charge in [0.25, 0.3) is 0 Å². The first-order chi connectivity index (χ1) is 11.5. The molecule has 0 unspecified atom stereocenters. The van der Waals surface area contributed by atoms with Crippen LogP contribution in [0.25, 0.3) is 0 Å². The maximum atomic E-state index is 11.8. The van der Waals surface area contributed by atoms with Gasteiger partial charge in [0.05, 0.1) is 26.8 Å². The van der Waals surface area contributed by atoms with E-state index in [1.807, 2.05) is 44.0 Å². The molecule has 0 aliphatic heterocycles. The van der Waals surface area contributed by atoms with Gasteiger partial charge in [-0.05, 0) is 38.6 Å². The molecule has 0 heterocycles. The maximum absolute atomic E-state index is 11.8. The van der Waals surface area contributed by atoms with Gasteiger partial charge in [-0.15, -0.1) is 0 Å². The molecule has 7 heteroatoms. The molecule has 0 bridgehead atoms. The highest BCUT2D eigenvalue weighted by molar-refractivity contribution is 5.85. The predicted molar refractivity (Wildman–Crippen MR) is 92.2 cm³/mol. The first-order valence-electron chi connectivity index (χ1n) is 8.01. The van der Waals surface area contributed by atoms with Crippen LogP contribution in [-0.4, -0.2) is 57.1 Å². The van der Waals surface area contributed by atoms with Crippen LogP contribution >= 0.6 is 0 Å². The van der Waals surface area contributed by atoms with Crippen LogP contribution in [0.3, 0.4) is 0 Å². The van der Waals surface area contributed by atoms with Gasteiger partial charge < -0.3 is 20.1 Å². The van der Waals surface area contributed by atoms with Gasteiger partial charge in [-0.3, -0.25) is 14.5 Å². The lowest BCUT2D eigenvalue weighted by atomic mass is 10.2. The lowest BCUT2D eigenvalue weighted by Gasteiger charge is -2.17. The Labute approximate surface area is 143 Å². The summed E-state index contributed by atoms with van der Waals surface area (Å²) in [6, 6.07) is 5.70. The molecule has 1 aromatic rings. The smallest absolute Gasteiger partial charge is 0.239 e. The number of likely N-dealkylation sites (N-methyl/N-ethyl adjacent to an activating group) is 2. The van der Waals surface area contributed by atoms with Crippen molar-refractivity contribution < 1.29 is 19.1 Å². The third-order valence-corrected chi connectivity index (χ3v) is 3.21. The fraction of sp³-hybridized carbons (Fsp3) is 0.529. The number of benzene rings is 1. The number of ether oxygens (including phenoxy) is 2. The molecule has 0 fully saturated rings. The van der Waals surface area contributed by atoms with Crippen molar-refractivity contribution in [1.82, 2.24) is 15.5 Å². The molecule has 1 aromatic carbocycles. The number of nitrogens with zero attached hydrogens (tertiary/aromatic N) is 1. The molecule has 0 spiro atoms. The minimum Gasteiger partial charge on any atom is -0.493 e. The van der Waals surface area contributed by atoms with E-state index >= 15 is 0 Å². The van der Waals surface area contributed by atoms with Gasteiger partial charge in [0.1, 0.15) is 0 Å². The van der Waals surface area contributed by atoms with E-state index in [0.717, 1.165) is 5.56 Å². The molecule has 0 saturated carbocycles. The quantitative estimate of drug-likeness (QED) is 0.659. The van der Waals surface area contributed by atoms with Crippen LogP contribution < -0.4 is 20.1 Å². The molecule has 0 saturated heterocycles. The van der Waals surface area contributed by atoms with E-state index in [4.69, 9.17) is 9.47 Å². The maximum Gasteiger partial charge on any atom is 0.239 e. The second-order valence-electron chi connectivity index (χ2n) is 5.32. The molecule has 0 radical (unpaired) electrons. The van der Waals surface area contributed by atoms with E-state index in [9.17, 15) is 9.59 Å². The first-order valence-corrected chi connectivity index (χ1v) is 8.01. The van der Waals surface area contributed by atoms with Crippen molar-refractivity contribution in [2.75, 3.05) is 40.4 Å². The van der Waals surface area contributed by atoms with Gasteiger partial charge in [0.2, 0.25) is 11.8 Å². The molecule has 0 aliphatic rings. The number of carbonyl (C=O) groups excluding carboxylic acids is 2. The van der Waals surface area contributed by atoms with Gasteiger partial charge in [-0.1, -0.05) is 6.07 Å². The molecule has 0 aromatic heterocycles. The highest BCUT2D eigenvalue weighted by Crippen LogP contribution is 2.28. The molecule has 1 rings (SSSR count). The summed E-state index contributed by atoms with van der Waals surface area (Å²) < 4.78 is 10.8. The van der Waals surface area contributed by atoms with Crippen molar-refractivity contribution in [1.29, 1.82) is 0 Å². The van der Waals surface area contributed by atoms with Crippen LogP contribution in [0.15, 0.2) is 18.2 Å². The molecular weight excluding hydrogens is 310 g/mol. The summed E-state index contributed by atoms with van der Waals surface area (Å²) in [7, 11) is 3.44. The van der Waals surface area contributed by atoms with Crippen LogP contribution in [0.5, 0.6) is 11.5 Å². The highest BCUT2D eigenvalue weighted by atomic mass is 16.5. The normalized spacial score (nSPS) is 10.4. The zero-order valence-corrected chi connectivity index (χ0v) is 14.8. The van der Waals surface area contributed by atoms with Crippen molar-refractivity contribution in [3.8, 4) is 11.5 Å².